The van der Waals surface area contributed by atoms with Crippen molar-refractivity contribution in [1.29, 1.82) is 0 Å². The molecule has 1 unspecified atom stereocenters. The molecule has 0 bridgehead atoms. The molecule has 0 radical (unpaired) electrons. The Morgan fingerprint density at radius 1 is 1.48 bits per heavy atom. The van der Waals surface area contributed by atoms with Gasteiger partial charge < -0.3 is 15.4 Å². The molecule has 0 aliphatic heterocycles. The first-order valence-electron chi connectivity index (χ1n) is 9.75. The molecule has 0 saturated heterocycles. The molecule has 0 saturated carbocycles. The van der Waals surface area contributed by atoms with Gasteiger partial charge in [-0.25, -0.2) is 0 Å². The lowest BCUT2D eigenvalue weighted by Gasteiger charge is -2.24. The number of fused-ring (bicyclic) bond motifs is 1. The Balaban J connectivity index is 1.55. The predicted octanol–water partition coefficient (Wildman–Crippen LogP) is 2.67. The Bertz CT molecular complexity index is 740. The van der Waals surface area contributed by atoms with Gasteiger partial charge in [0.15, 0.2) is 5.69 Å². The minimum Gasteiger partial charge on any atom is -0.379 e. The van der Waals surface area contributed by atoms with Crippen molar-refractivity contribution in [3.8, 4) is 0 Å². The number of carbonyl (C=O) groups is 1. The van der Waals surface area contributed by atoms with Crippen LogP contribution in [0.15, 0.2) is 17.5 Å². The highest BCUT2D eigenvalue weighted by atomic mass is 32.1. The molecular formula is C20H30N4O2S. The monoisotopic (exact) mass is 390 g/mol. The van der Waals surface area contributed by atoms with Crippen LogP contribution in [0, 0.1) is 0 Å². The molecule has 1 aliphatic carbocycles. The van der Waals surface area contributed by atoms with Crippen molar-refractivity contribution in [2.75, 3.05) is 13.2 Å². The number of hydrogen-bond acceptors (Lipinski definition) is 5. The molecule has 3 rings (SSSR count). The van der Waals surface area contributed by atoms with Crippen LogP contribution in [0.2, 0.25) is 0 Å². The lowest BCUT2D eigenvalue weighted by molar-refractivity contribution is 0.0766. The molecule has 148 valence electrons. The summed E-state index contributed by atoms with van der Waals surface area (Å²) in [7, 11) is 1.94. The summed E-state index contributed by atoms with van der Waals surface area (Å²) in [6, 6.07) is 4.42. The Kier molecular flexibility index (Phi) is 7.04. The van der Waals surface area contributed by atoms with Crippen molar-refractivity contribution >= 4 is 17.2 Å². The van der Waals surface area contributed by atoms with Gasteiger partial charge in [0, 0.05) is 35.8 Å². The summed E-state index contributed by atoms with van der Waals surface area (Å²) < 4.78 is 7.47. The van der Waals surface area contributed by atoms with Gasteiger partial charge in [0.25, 0.3) is 5.91 Å². The second-order valence-electron chi connectivity index (χ2n) is 7.33. The molecule has 1 amide bonds. The topological polar surface area (TPSA) is 68.2 Å². The maximum atomic E-state index is 12.7. The summed E-state index contributed by atoms with van der Waals surface area (Å²) in [5.41, 5.74) is 2.87. The Morgan fingerprint density at radius 3 is 3.07 bits per heavy atom. The SMILES string of the molecule is CC(C)OCCCNC1CCc2c(c(C(=O)NCc3cccs3)nn2C)C1. The summed E-state index contributed by atoms with van der Waals surface area (Å²) in [6.45, 7) is 6.39. The molecule has 2 aromatic rings. The third-order valence-electron chi connectivity index (χ3n) is 4.88. The van der Waals surface area contributed by atoms with Crippen LogP contribution in [-0.4, -0.2) is 41.0 Å². The molecule has 27 heavy (non-hydrogen) atoms. The van der Waals surface area contributed by atoms with Crippen molar-refractivity contribution in [2.45, 2.75) is 58.2 Å². The van der Waals surface area contributed by atoms with Crippen LogP contribution in [0.4, 0.5) is 0 Å². The Hall–Kier alpha value is -1.70. The van der Waals surface area contributed by atoms with Crippen LogP contribution in [0.1, 0.15) is 53.3 Å². The van der Waals surface area contributed by atoms with E-state index in [1.807, 2.05) is 29.2 Å². The summed E-state index contributed by atoms with van der Waals surface area (Å²) in [4.78, 5) is 13.8. The zero-order valence-corrected chi connectivity index (χ0v) is 17.3. The van der Waals surface area contributed by atoms with Crippen molar-refractivity contribution in [1.82, 2.24) is 20.4 Å². The number of aryl methyl sites for hydroxylation is 1. The van der Waals surface area contributed by atoms with Crippen molar-refractivity contribution in [3.63, 3.8) is 0 Å². The van der Waals surface area contributed by atoms with Gasteiger partial charge in [-0.3, -0.25) is 9.48 Å². The minimum absolute atomic E-state index is 0.0776. The van der Waals surface area contributed by atoms with Crippen molar-refractivity contribution in [2.24, 2.45) is 7.05 Å². The Labute approximate surface area is 165 Å². The molecule has 0 aromatic carbocycles. The number of hydrogen-bond donors (Lipinski definition) is 2. The number of nitrogens with zero attached hydrogens (tertiary/aromatic N) is 2. The third kappa shape index (κ3) is 5.40. The van der Waals surface area contributed by atoms with Gasteiger partial charge >= 0.3 is 0 Å². The van der Waals surface area contributed by atoms with Gasteiger partial charge in [-0.05, 0) is 57.5 Å². The van der Waals surface area contributed by atoms with Gasteiger partial charge in [-0.15, -0.1) is 11.3 Å². The van der Waals surface area contributed by atoms with E-state index in [9.17, 15) is 4.79 Å². The van der Waals surface area contributed by atoms with E-state index in [4.69, 9.17) is 4.74 Å². The van der Waals surface area contributed by atoms with E-state index in [0.717, 1.165) is 49.3 Å². The number of nitrogens with one attached hydrogen (secondary N) is 2. The number of carbonyl (C=O) groups excluding carboxylic acids is 1. The number of ether oxygens (including phenoxy) is 1. The summed E-state index contributed by atoms with van der Waals surface area (Å²) in [6.07, 6.45) is 4.18. The first kappa shape index (κ1) is 20.0. The van der Waals surface area contributed by atoms with Crippen molar-refractivity contribution in [3.05, 3.63) is 39.3 Å². The summed E-state index contributed by atoms with van der Waals surface area (Å²) >= 11 is 1.65. The van der Waals surface area contributed by atoms with Crippen LogP contribution in [-0.2, 0) is 31.2 Å². The number of amides is 1. The lowest BCUT2D eigenvalue weighted by atomic mass is 9.91. The van der Waals surface area contributed by atoms with E-state index in [2.05, 4.69) is 29.6 Å². The highest BCUT2D eigenvalue weighted by Gasteiger charge is 2.28. The average Bonchev–Trinajstić information content (AvgIpc) is 3.27. The summed E-state index contributed by atoms with van der Waals surface area (Å²) in [5, 5.41) is 13.2. The van der Waals surface area contributed by atoms with Gasteiger partial charge in [0.2, 0.25) is 0 Å². The number of aromatic nitrogens is 2. The number of rotatable bonds is 9. The van der Waals surface area contributed by atoms with E-state index in [-0.39, 0.29) is 12.0 Å². The molecule has 7 heteroatoms. The zero-order chi connectivity index (χ0) is 19.2. The fraction of sp³-hybridized carbons (Fsp3) is 0.600. The van der Waals surface area contributed by atoms with Crippen LogP contribution < -0.4 is 10.6 Å². The van der Waals surface area contributed by atoms with E-state index in [1.165, 1.54) is 5.69 Å². The van der Waals surface area contributed by atoms with Gasteiger partial charge in [-0.2, -0.15) is 5.10 Å². The number of thiophene rings is 1. The molecule has 6 nitrogen and oxygen atoms in total. The highest BCUT2D eigenvalue weighted by molar-refractivity contribution is 7.09. The van der Waals surface area contributed by atoms with E-state index in [1.54, 1.807) is 11.3 Å². The van der Waals surface area contributed by atoms with E-state index in [0.29, 0.717) is 18.3 Å². The normalized spacial score (nSPS) is 16.5. The Morgan fingerprint density at radius 2 is 2.33 bits per heavy atom. The fourth-order valence-electron chi connectivity index (χ4n) is 3.51. The van der Waals surface area contributed by atoms with E-state index < -0.39 is 0 Å². The second-order valence-corrected chi connectivity index (χ2v) is 8.36. The summed E-state index contributed by atoms with van der Waals surface area (Å²) in [5.74, 6) is -0.0776. The van der Waals surface area contributed by atoms with Crippen LogP contribution in [0.5, 0.6) is 0 Å². The molecule has 0 fully saturated rings. The third-order valence-corrected chi connectivity index (χ3v) is 5.76. The van der Waals surface area contributed by atoms with E-state index >= 15 is 0 Å². The predicted molar refractivity (Wildman–Crippen MR) is 108 cm³/mol. The molecule has 1 atom stereocenters. The molecule has 2 heterocycles. The van der Waals surface area contributed by atoms with Crippen LogP contribution >= 0.6 is 11.3 Å². The van der Waals surface area contributed by atoms with Crippen LogP contribution in [0.3, 0.4) is 0 Å². The average molecular weight is 391 g/mol. The molecule has 2 N–H and O–H groups in total. The minimum atomic E-state index is -0.0776. The fourth-order valence-corrected chi connectivity index (χ4v) is 4.15. The molecular weight excluding hydrogens is 360 g/mol. The standard InChI is InChI=1S/C20H30N4O2S/c1-14(2)26-10-5-9-21-15-7-8-18-17(12-15)19(23-24(18)3)20(25)22-13-16-6-4-11-27-16/h4,6,11,14-15,21H,5,7-10,12-13H2,1-3H3,(H,22,25). The molecule has 1 aliphatic rings. The molecule has 2 aromatic heterocycles. The second kappa shape index (κ2) is 9.48. The maximum Gasteiger partial charge on any atom is 0.272 e. The maximum absolute atomic E-state index is 12.7. The first-order valence-corrected chi connectivity index (χ1v) is 10.6. The van der Waals surface area contributed by atoms with Gasteiger partial charge in [0.05, 0.1) is 12.6 Å². The zero-order valence-electron chi connectivity index (χ0n) is 16.5. The lowest BCUT2D eigenvalue weighted by Crippen LogP contribution is -2.36. The van der Waals surface area contributed by atoms with Crippen molar-refractivity contribution < 1.29 is 9.53 Å². The highest BCUT2D eigenvalue weighted by Crippen LogP contribution is 2.24. The smallest absolute Gasteiger partial charge is 0.272 e. The molecule has 0 spiro atoms. The van der Waals surface area contributed by atoms with Gasteiger partial charge in [0.1, 0.15) is 0 Å². The largest absolute Gasteiger partial charge is 0.379 e. The van der Waals surface area contributed by atoms with Crippen LogP contribution in [0.25, 0.3) is 0 Å². The quantitative estimate of drug-likeness (QED) is 0.646. The first-order chi connectivity index (χ1) is 13.0. The van der Waals surface area contributed by atoms with Gasteiger partial charge in [-0.1, -0.05) is 6.07 Å².